The van der Waals surface area contributed by atoms with E-state index >= 15 is 0 Å². The van der Waals surface area contributed by atoms with Crippen LogP contribution in [0.25, 0.3) is 0 Å². The lowest BCUT2D eigenvalue weighted by Gasteiger charge is -2.12. The zero-order chi connectivity index (χ0) is 13.1. The van der Waals surface area contributed by atoms with Gasteiger partial charge in [-0.15, -0.1) is 0 Å². The minimum atomic E-state index is -1.17. The second kappa shape index (κ2) is 5.41. The van der Waals surface area contributed by atoms with Gasteiger partial charge in [0.05, 0.1) is 17.3 Å². The molecule has 1 atom stereocenters. The number of aliphatic hydroxyl groups is 1. The molecule has 4 nitrogen and oxygen atoms in total. The number of halogens is 2. The van der Waals surface area contributed by atoms with Gasteiger partial charge < -0.3 is 9.84 Å². The number of aliphatic hydroxyl groups excluding tert-OH is 1. The highest BCUT2D eigenvalue weighted by Gasteiger charge is 2.18. The smallest absolute Gasteiger partial charge is 0.216 e. The number of rotatable bonds is 3. The summed E-state index contributed by atoms with van der Waals surface area (Å²) in [5, 5.41) is 10.1. The molecule has 0 aliphatic rings. The molecule has 1 heterocycles. The van der Waals surface area contributed by atoms with E-state index in [4.69, 9.17) is 4.74 Å². The average Bonchev–Trinajstić information content (AvgIpc) is 2.41. The Balaban J connectivity index is 2.41. The van der Waals surface area contributed by atoms with Crippen LogP contribution >= 0.6 is 15.9 Å². The molecule has 2 aromatic rings. The first-order chi connectivity index (χ1) is 8.63. The Kier molecular flexibility index (Phi) is 3.88. The molecule has 0 radical (unpaired) electrons. The average molecular weight is 313 g/mol. The Bertz CT molecular complexity index is 566. The summed E-state index contributed by atoms with van der Waals surface area (Å²) in [6, 6.07) is 6.17. The molecule has 94 valence electrons. The van der Waals surface area contributed by atoms with Gasteiger partial charge in [0.2, 0.25) is 5.88 Å². The number of ether oxygens (including phenoxy) is 1. The van der Waals surface area contributed by atoms with E-state index in [0.29, 0.717) is 10.4 Å². The highest BCUT2D eigenvalue weighted by molar-refractivity contribution is 9.10. The van der Waals surface area contributed by atoms with Crippen LogP contribution in [0.3, 0.4) is 0 Å². The van der Waals surface area contributed by atoms with Gasteiger partial charge in [-0.2, -0.15) is 0 Å². The molecule has 0 bridgehead atoms. The first kappa shape index (κ1) is 12.9. The Hall–Kier alpha value is -1.53. The first-order valence-electron chi connectivity index (χ1n) is 5.11. The van der Waals surface area contributed by atoms with Gasteiger partial charge >= 0.3 is 0 Å². The minimum Gasteiger partial charge on any atom is -0.481 e. The van der Waals surface area contributed by atoms with Crippen LogP contribution in [-0.4, -0.2) is 22.2 Å². The van der Waals surface area contributed by atoms with Crippen LogP contribution in [0.15, 0.2) is 35.1 Å². The van der Waals surface area contributed by atoms with Crippen molar-refractivity contribution in [1.82, 2.24) is 9.97 Å². The fraction of sp³-hybridized carbons (Fsp3) is 0.167. The van der Waals surface area contributed by atoms with Crippen molar-refractivity contribution < 1.29 is 14.2 Å². The molecule has 0 saturated carbocycles. The van der Waals surface area contributed by atoms with Gasteiger partial charge in [-0.25, -0.2) is 14.4 Å². The summed E-state index contributed by atoms with van der Waals surface area (Å²) >= 11 is 3.07. The summed E-state index contributed by atoms with van der Waals surface area (Å²) in [6.45, 7) is 0. The van der Waals surface area contributed by atoms with E-state index in [9.17, 15) is 9.50 Å². The number of hydrogen-bond donors (Lipinski definition) is 1. The second-order valence-corrected chi connectivity index (χ2v) is 4.39. The van der Waals surface area contributed by atoms with E-state index in [1.54, 1.807) is 12.1 Å². The van der Waals surface area contributed by atoms with Crippen molar-refractivity contribution in [3.05, 3.63) is 52.1 Å². The first-order valence-corrected chi connectivity index (χ1v) is 5.90. The summed E-state index contributed by atoms with van der Waals surface area (Å²) in [4.78, 5) is 7.74. The van der Waals surface area contributed by atoms with Gasteiger partial charge in [0.1, 0.15) is 18.2 Å². The highest BCUT2D eigenvalue weighted by atomic mass is 79.9. The predicted molar refractivity (Wildman–Crippen MR) is 66.7 cm³/mol. The quantitative estimate of drug-likeness (QED) is 0.946. The van der Waals surface area contributed by atoms with Gasteiger partial charge in [0.25, 0.3) is 0 Å². The van der Waals surface area contributed by atoms with E-state index in [1.165, 1.54) is 25.6 Å². The lowest BCUT2D eigenvalue weighted by atomic mass is 10.1. The van der Waals surface area contributed by atoms with Gasteiger partial charge in [-0.1, -0.05) is 12.1 Å². The summed E-state index contributed by atoms with van der Waals surface area (Å²) < 4.78 is 19.1. The molecular weight excluding hydrogens is 303 g/mol. The van der Waals surface area contributed by atoms with Crippen LogP contribution in [0.2, 0.25) is 0 Å². The third-order valence-corrected chi connectivity index (χ3v) is 3.04. The van der Waals surface area contributed by atoms with E-state index in [-0.39, 0.29) is 11.3 Å². The van der Waals surface area contributed by atoms with Crippen molar-refractivity contribution in [3.63, 3.8) is 0 Å². The summed E-state index contributed by atoms with van der Waals surface area (Å²) in [5.74, 6) is -0.197. The lowest BCUT2D eigenvalue weighted by molar-refractivity contribution is 0.209. The molecule has 0 aliphatic heterocycles. The summed E-state index contributed by atoms with van der Waals surface area (Å²) in [5.41, 5.74) is 0.420. The fourth-order valence-corrected chi connectivity index (χ4v) is 1.89. The van der Waals surface area contributed by atoms with Crippen LogP contribution in [0, 0.1) is 5.82 Å². The normalized spacial score (nSPS) is 12.2. The molecule has 18 heavy (non-hydrogen) atoms. The van der Waals surface area contributed by atoms with Gasteiger partial charge in [-0.05, 0) is 22.0 Å². The third kappa shape index (κ3) is 2.49. The molecule has 0 aliphatic carbocycles. The van der Waals surface area contributed by atoms with Crippen LogP contribution in [0.5, 0.6) is 5.88 Å². The van der Waals surface area contributed by atoms with Gasteiger partial charge in [-0.3, -0.25) is 0 Å². The number of hydrogen-bond acceptors (Lipinski definition) is 4. The Morgan fingerprint density at radius 1 is 1.39 bits per heavy atom. The van der Waals surface area contributed by atoms with Crippen LogP contribution in [-0.2, 0) is 0 Å². The van der Waals surface area contributed by atoms with Crippen LogP contribution < -0.4 is 4.74 Å². The molecule has 0 amide bonds. The van der Waals surface area contributed by atoms with Gasteiger partial charge in [0.15, 0.2) is 0 Å². The number of nitrogens with zero attached hydrogens (tertiary/aromatic N) is 2. The standard InChI is InChI=1S/C12H10BrFN2O2/c1-18-10-5-9(15-6-16-10)12(17)7-3-2-4-8(13)11(7)14/h2-6,12,17H,1H3. The van der Waals surface area contributed by atoms with Crippen molar-refractivity contribution in [2.45, 2.75) is 6.10 Å². The fourth-order valence-electron chi connectivity index (χ4n) is 1.51. The number of aromatic nitrogens is 2. The van der Waals surface area contributed by atoms with Gasteiger partial charge in [0, 0.05) is 11.6 Å². The molecular formula is C12H10BrFN2O2. The Labute approximate surface area is 112 Å². The zero-order valence-electron chi connectivity index (χ0n) is 9.47. The van der Waals surface area contributed by atoms with E-state index in [0.717, 1.165) is 0 Å². The highest BCUT2D eigenvalue weighted by Crippen LogP contribution is 2.27. The van der Waals surface area contributed by atoms with Crippen LogP contribution in [0.1, 0.15) is 17.4 Å². The molecule has 1 unspecified atom stereocenters. The lowest BCUT2D eigenvalue weighted by Crippen LogP contribution is -2.06. The monoisotopic (exact) mass is 312 g/mol. The maximum absolute atomic E-state index is 13.8. The maximum Gasteiger partial charge on any atom is 0.216 e. The molecule has 0 saturated heterocycles. The molecule has 2 rings (SSSR count). The van der Waals surface area contributed by atoms with Crippen molar-refractivity contribution in [1.29, 1.82) is 0 Å². The Morgan fingerprint density at radius 2 is 2.17 bits per heavy atom. The summed E-state index contributed by atoms with van der Waals surface area (Å²) in [6.07, 6.45) is 0.0900. The van der Waals surface area contributed by atoms with E-state index in [1.807, 2.05) is 0 Å². The van der Waals surface area contributed by atoms with E-state index in [2.05, 4.69) is 25.9 Å². The molecule has 1 aromatic carbocycles. The topological polar surface area (TPSA) is 55.2 Å². The molecule has 0 spiro atoms. The zero-order valence-corrected chi connectivity index (χ0v) is 11.1. The van der Waals surface area contributed by atoms with Crippen molar-refractivity contribution in [2.75, 3.05) is 7.11 Å². The van der Waals surface area contributed by atoms with Crippen molar-refractivity contribution in [2.24, 2.45) is 0 Å². The van der Waals surface area contributed by atoms with Crippen LogP contribution in [0.4, 0.5) is 4.39 Å². The second-order valence-electron chi connectivity index (χ2n) is 3.53. The molecule has 1 N–H and O–H groups in total. The Morgan fingerprint density at radius 3 is 2.89 bits per heavy atom. The minimum absolute atomic E-state index is 0.144. The SMILES string of the molecule is COc1cc(C(O)c2cccc(Br)c2F)ncn1. The van der Waals surface area contributed by atoms with Crippen molar-refractivity contribution in [3.8, 4) is 5.88 Å². The predicted octanol–water partition coefficient (Wildman–Crippen LogP) is 2.47. The number of benzene rings is 1. The maximum atomic E-state index is 13.8. The number of methoxy groups -OCH3 is 1. The van der Waals surface area contributed by atoms with Crippen molar-refractivity contribution >= 4 is 15.9 Å². The summed E-state index contributed by atoms with van der Waals surface area (Å²) in [7, 11) is 1.46. The third-order valence-electron chi connectivity index (χ3n) is 2.43. The largest absolute Gasteiger partial charge is 0.481 e. The molecule has 0 fully saturated rings. The molecule has 1 aromatic heterocycles. The van der Waals surface area contributed by atoms with E-state index < -0.39 is 11.9 Å². The molecule has 6 heteroatoms.